The molecule has 0 aromatic heterocycles. The third kappa shape index (κ3) is 2.95. The first-order chi connectivity index (χ1) is 5.18. The zero-order chi connectivity index (χ0) is 8.74. The molecule has 7 nitrogen and oxygen atoms in total. The standard InChI is InChI=1S/C3N3O4P/c4-1-8-11(7,9-2-5)10-3-6. The van der Waals surface area contributed by atoms with E-state index >= 15 is 0 Å². The Balaban J connectivity index is 4.34. The number of nitrogens with zero attached hydrogens (tertiary/aromatic N) is 3. The Hall–Kier alpha value is -1.90. The van der Waals surface area contributed by atoms with Crippen molar-refractivity contribution in [1.29, 1.82) is 15.8 Å². The molecule has 11 heavy (non-hydrogen) atoms. The van der Waals surface area contributed by atoms with Gasteiger partial charge in [-0.1, -0.05) is 0 Å². The zero-order valence-electron chi connectivity index (χ0n) is 4.92. The van der Waals surface area contributed by atoms with Crippen molar-refractivity contribution in [2.45, 2.75) is 0 Å². The molecule has 0 rings (SSSR count). The molecule has 56 valence electrons. The molecule has 0 N–H and O–H groups in total. The second kappa shape index (κ2) is 4.00. The first-order valence-corrected chi connectivity index (χ1v) is 3.47. The quantitative estimate of drug-likeness (QED) is 0.452. The van der Waals surface area contributed by atoms with E-state index in [0.29, 0.717) is 0 Å². The van der Waals surface area contributed by atoms with Crippen LogP contribution in [0.4, 0.5) is 0 Å². The van der Waals surface area contributed by atoms with Crippen LogP contribution in [0.2, 0.25) is 0 Å². The number of phosphoric acid groups is 1. The van der Waals surface area contributed by atoms with Crippen LogP contribution in [0.25, 0.3) is 0 Å². The van der Waals surface area contributed by atoms with Crippen molar-refractivity contribution >= 4 is 7.82 Å². The summed E-state index contributed by atoms with van der Waals surface area (Å²) in [6.45, 7) is 0. The second-order valence-electron chi connectivity index (χ2n) is 0.995. The Kier molecular flexibility index (Phi) is 3.31. The van der Waals surface area contributed by atoms with Gasteiger partial charge in [-0.25, -0.2) is 0 Å². The van der Waals surface area contributed by atoms with Gasteiger partial charge in [0.15, 0.2) is 0 Å². The molecule has 0 amide bonds. The number of nitriles is 3. The lowest BCUT2D eigenvalue weighted by atomic mass is 11.6. The number of rotatable bonds is 3. The summed E-state index contributed by atoms with van der Waals surface area (Å²) in [7, 11) is -4.30. The predicted molar refractivity (Wildman–Crippen MR) is 27.7 cm³/mol. The van der Waals surface area contributed by atoms with Gasteiger partial charge in [0.1, 0.15) is 0 Å². The minimum atomic E-state index is -4.30. The van der Waals surface area contributed by atoms with Crippen molar-refractivity contribution in [2.24, 2.45) is 0 Å². The van der Waals surface area contributed by atoms with Gasteiger partial charge in [0.25, 0.3) is 18.8 Å². The highest BCUT2D eigenvalue weighted by molar-refractivity contribution is 7.48. The van der Waals surface area contributed by atoms with E-state index in [9.17, 15) is 4.57 Å². The molecule has 0 aromatic rings. The van der Waals surface area contributed by atoms with E-state index in [4.69, 9.17) is 15.8 Å². The Bertz CT molecular complexity index is 246. The van der Waals surface area contributed by atoms with E-state index in [1.807, 2.05) is 0 Å². The van der Waals surface area contributed by atoms with Gasteiger partial charge in [-0.3, -0.25) is 0 Å². The summed E-state index contributed by atoms with van der Waals surface area (Å²) in [6, 6.07) is 0. The van der Waals surface area contributed by atoms with Crippen molar-refractivity contribution in [1.82, 2.24) is 0 Å². The van der Waals surface area contributed by atoms with Crippen LogP contribution in [0.15, 0.2) is 0 Å². The Morgan fingerprint density at radius 2 is 1.18 bits per heavy atom. The van der Waals surface area contributed by atoms with Gasteiger partial charge < -0.3 is 13.6 Å². The highest BCUT2D eigenvalue weighted by Gasteiger charge is 2.32. The predicted octanol–water partition coefficient (Wildman–Crippen LogP) is 0.588. The fourth-order valence-corrected chi connectivity index (χ4v) is 0.618. The fraction of sp³-hybridized carbons (Fsp3) is 0. The third-order valence-electron chi connectivity index (χ3n) is 0.458. The van der Waals surface area contributed by atoms with Crippen LogP contribution in [0.1, 0.15) is 0 Å². The molecule has 0 atom stereocenters. The smallest absolute Gasteiger partial charge is 0.308 e. The molecule has 0 saturated carbocycles. The number of phosphoric ester groups is 1. The molecule has 0 unspecified atom stereocenters. The normalized spacial score (nSPS) is 8.09. The maximum absolute atomic E-state index is 10.7. The van der Waals surface area contributed by atoms with E-state index in [2.05, 4.69) is 13.6 Å². The summed E-state index contributed by atoms with van der Waals surface area (Å²) < 4.78 is 21.7. The van der Waals surface area contributed by atoms with Gasteiger partial charge in [0, 0.05) is 0 Å². The van der Waals surface area contributed by atoms with Crippen molar-refractivity contribution < 1.29 is 18.1 Å². The maximum atomic E-state index is 10.7. The molecule has 0 aliphatic heterocycles. The Labute approximate surface area is 61.5 Å². The summed E-state index contributed by atoms with van der Waals surface area (Å²) in [5, 5.41) is 23.5. The molecule has 0 spiro atoms. The molecule has 0 radical (unpaired) electrons. The Morgan fingerprint density at radius 3 is 1.36 bits per heavy atom. The van der Waals surface area contributed by atoms with Gasteiger partial charge in [-0.15, -0.1) is 15.8 Å². The summed E-state index contributed by atoms with van der Waals surface area (Å²) in [5.74, 6) is 0. The van der Waals surface area contributed by atoms with Crippen molar-refractivity contribution in [3.8, 4) is 18.8 Å². The largest absolute Gasteiger partial charge is 0.677 e. The SMILES string of the molecule is N#COP(=O)(OC#N)OC#N. The van der Waals surface area contributed by atoms with Crippen LogP contribution in [0.5, 0.6) is 0 Å². The molecule has 0 aliphatic rings. The first-order valence-electron chi connectivity index (χ1n) is 2.01. The van der Waals surface area contributed by atoms with E-state index < -0.39 is 7.82 Å². The lowest BCUT2D eigenvalue weighted by Gasteiger charge is -2.02. The van der Waals surface area contributed by atoms with Crippen LogP contribution < -0.4 is 0 Å². The van der Waals surface area contributed by atoms with Gasteiger partial charge in [-0.2, -0.15) is 4.57 Å². The Morgan fingerprint density at radius 1 is 0.909 bits per heavy atom. The fourth-order valence-electron chi connectivity index (χ4n) is 0.206. The monoisotopic (exact) mass is 173 g/mol. The lowest BCUT2D eigenvalue weighted by Crippen LogP contribution is -1.88. The average molecular weight is 173 g/mol. The molecule has 0 bridgehead atoms. The summed E-state index contributed by atoms with van der Waals surface area (Å²) in [6.07, 6.45) is 2.89. The van der Waals surface area contributed by atoms with Gasteiger partial charge >= 0.3 is 7.82 Å². The van der Waals surface area contributed by atoms with Crippen molar-refractivity contribution in [2.75, 3.05) is 0 Å². The van der Waals surface area contributed by atoms with Crippen molar-refractivity contribution in [3.05, 3.63) is 0 Å². The highest BCUT2D eigenvalue weighted by Crippen LogP contribution is 2.48. The summed E-state index contributed by atoms with van der Waals surface area (Å²) in [5.41, 5.74) is 0. The molecule has 0 heterocycles. The lowest BCUT2D eigenvalue weighted by molar-refractivity contribution is 0.251. The number of hydrogen-bond acceptors (Lipinski definition) is 7. The van der Waals surface area contributed by atoms with Crippen LogP contribution in [-0.2, 0) is 18.1 Å². The molecular weight excluding hydrogens is 173 g/mol. The van der Waals surface area contributed by atoms with Crippen LogP contribution in [0.3, 0.4) is 0 Å². The third-order valence-corrected chi connectivity index (χ3v) is 1.37. The van der Waals surface area contributed by atoms with Crippen LogP contribution in [0, 0.1) is 34.6 Å². The molecule has 0 aliphatic carbocycles. The maximum Gasteiger partial charge on any atom is 0.677 e. The molecule has 0 fully saturated rings. The van der Waals surface area contributed by atoms with E-state index in [-0.39, 0.29) is 0 Å². The van der Waals surface area contributed by atoms with E-state index in [1.165, 1.54) is 0 Å². The van der Waals surface area contributed by atoms with Gasteiger partial charge in [0.2, 0.25) is 0 Å². The molecule has 0 saturated heterocycles. The minimum absolute atomic E-state index is 0.963. The highest BCUT2D eigenvalue weighted by atomic mass is 31.2. The molecule has 8 heteroatoms. The van der Waals surface area contributed by atoms with Crippen LogP contribution in [-0.4, -0.2) is 0 Å². The number of hydrogen-bond donors (Lipinski definition) is 0. The summed E-state index contributed by atoms with van der Waals surface area (Å²) >= 11 is 0. The van der Waals surface area contributed by atoms with Crippen LogP contribution >= 0.6 is 7.82 Å². The van der Waals surface area contributed by atoms with E-state index in [1.54, 1.807) is 0 Å². The van der Waals surface area contributed by atoms with Crippen molar-refractivity contribution in [3.63, 3.8) is 0 Å². The first kappa shape index (κ1) is 9.10. The molecule has 0 aromatic carbocycles. The average Bonchev–Trinajstić information content (AvgIpc) is 1.88. The van der Waals surface area contributed by atoms with Gasteiger partial charge in [-0.05, 0) is 0 Å². The minimum Gasteiger partial charge on any atom is -0.308 e. The molecular formula is C3N3O4P. The summed E-state index contributed by atoms with van der Waals surface area (Å²) in [4.78, 5) is 0. The van der Waals surface area contributed by atoms with Gasteiger partial charge in [0.05, 0.1) is 0 Å². The topological polar surface area (TPSA) is 116 Å². The zero-order valence-corrected chi connectivity index (χ0v) is 5.82. The second-order valence-corrected chi connectivity index (χ2v) is 2.44. The van der Waals surface area contributed by atoms with E-state index in [0.717, 1.165) is 18.8 Å².